The molecule has 0 aliphatic carbocycles. The average molecular weight is 780 g/mol. The summed E-state index contributed by atoms with van der Waals surface area (Å²) in [4.78, 5) is 72.4. The summed E-state index contributed by atoms with van der Waals surface area (Å²) in [6.07, 6.45) is 28.7. The van der Waals surface area contributed by atoms with Crippen LogP contribution in [0.3, 0.4) is 0 Å². The quantitative estimate of drug-likeness (QED) is 0.0265. The van der Waals surface area contributed by atoms with Gasteiger partial charge in [-0.3, -0.25) is 28.8 Å². The Balaban J connectivity index is 4.66. The number of aliphatic carboxylic acids is 2. The second kappa shape index (κ2) is 37.2. The fourth-order valence-corrected chi connectivity index (χ4v) is 5.93. The van der Waals surface area contributed by atoms with E-state index in [0.29, 0.717) is 38.9 Å². The molecule has 0 aliphatic rings. The second-order valence-electron chi connectivity index (χ2n) is 14.3. The second-order valence-corrected chi connectivity index (χ2v) is 14.3. The van der Waals surface area contributed by atoms with Gasteiger partial charge in [-0.15, -0.1) is 0 Å². The van der Waals surface area contributed by atoms with E-state index in [4.69, 9.17) is 19.3 Å². The van der Waals surface area contributed by atoms with E-state index in [1.165, 1.54) is 38.5 Å². The molecule has 12 nitrogen and oxygen atoms in total. The van der Waals surface area contributed by atoms with Crippen LogP contribution in [0, 0.1) is 0 Å². The fraction of sp³-hybridized carbons (Fsp3) is 0.767. The number of amides is 1. The van der Waals surface area contributed by atoms with Crippen LogP contribution >= 0.6 is 0 Å². The minimum absolute atomic E-state index is 0.197. The van der Waals surface area contributed by atoms with Crippen LogP contribution in [-0.2, 0) is 43.0 Å². The van der Waals surface area contributed by atoms with Gasteiger partial charge >= 0.3 is 29.8 Å². The van der Waals surface area contributed by atoms with Crippen molar-refractivity contribution in [1.29, 1.82) is 0 Å². The average Bonchev–Trinajstić information content (AvgIpc) is 3.14. The summed E-state index contributed by atoms with van der Waals surface area (Å²) in [5.74, 6) is -4.38. The highest BCUT2D eigenvalue weighted by Gasteiger charge is 2.23. The molecule has 0 spiro atoms. The molecule has 0 saturated heterocycles. The molecule has 0 aliphatic heterocycles. The Bertz CT molecular complexity index is 1050. The molecule has 12 heteroatoms. The van der Waals surface area contributed by atoms with Crippen LogP contribution in [0.25, 0.3) is 0 Å². The van der Waals surface area contributed by atoms with Crippen LogP contribution in [0.5, 0.6) is 0 Å². The first-order valence-electron chi connectivity index (χ1n) is 21.1. The predicted molar refractivity (Wildman–Crippen MR) is 213 cm³/mol. The van der Waals surface area contributed by atoms with Crippen molar-refractivity contribution < 1.29 is 53.2 Å². The predicted octanol–water partition coefficient (Wildman–Crippen LogP) is 9.28. The molecule has 0 aromatic rings. The van der Waals surface area contributed by atoms with Crippen LogP contribution in [0.4, 0.5) is 0 Å². The molecule has 316 valence electrons. The smallest absolute Gasteiger partial charge is 0.325 e. The summed E-state index contributed by atoms with van der Waals surface area (Å²) in [6, 6.07) is 0. The maximum atomic E-state index is 12.9. The normalized spacial score (nSPS) is 11.3. The van der Waals surface area contributed by atoms with Crippen LogP contribution in [0.15, 0.2) is 24.3 Å². The van der Waals surface area contributed by atoms with E-state index >= 15 is 0 Å². The lowest BCUT2D eigenvalue weighted by atomic mass is 10.0. The van der Waals surface area contributed by atoms with Crippen LogP contribution in [0.2, 0.25) is 0 Å². The van der Waals surface area contributed by atoms with E-state index < -0.39 is 55.9 Å². The maximum Gasteiger partial charge on any atom is 0.325 e. The summed E-state index contributed by atoms with van der Waals surface area (Å²) < 4.78 is 16.3. The zero-order chi connectivity index (χ0) is 40.8. The molecule has 55 heavy (non-hydrogen) atoms. The molecule has 0 saturated carbocycles. The number of allylic oxidation sites excluding steroid dienone is 2. The van der Waals surface area contributed by atoms with Gasteiger partial charge in [0.15, 0.2) is 0 Å². The lowest BCUT2D eigenvalue weighted by Crippen LogP contribution is -2.40. The van der Waals surface area contributed by atoms with Gasteiger partial charge in [0, 0.05) is 19.3 Å². The number of rotatable bonds is 38. The largest absolute Gasteiger partial charge is 0.481 e. The van der Waals surface area contributed by atoms with Crippen molar-refractivity contribution >= 4 is 35.8 Å². The lowest BCUT2D eigenvalue weighted by molar-refractivity contribution is -0.156. The van der Waals surface area contributed by atoms with Gasteiger partial charge < -0.3 is 29.3 Å². The zero-order valence-electron chi connectivity index (χ0n) is 34.1. The number of carbonyl (C=O) groups is 6. The van der Waals surface area contributed by atoms with E-state index in [9.17, 15) is 33.9 Å². The fourth-order valence-electron chi connectivity index (χ4n) is 5.93. The summed E-state index contributed by atoms with van der Waals surface area (Å²) in [7, 11) is 0. The van der Waals surface area contributed by atoms with Gasteiger partial charge in [0.2, 0.25) is 5.91 Å². The standard InChI is InChI=1S/C43H73NO11/c1-3-5-7-9-11-19-25-33-53-41(50)29-23-17-13-15-21-27-37(55-43(52)36-44(35-40(48)49)38(45)31-32-39(46)47)28-22-16-14-18-24-30-42(51)54-34-26-20-12-10-8-6-4-2/h19-20,25-26,37H,3-18,21-24,27-36H2,1-2H3,(H,46,47)(H,48,49)/b25-19-,26-20-. The number of unbranched alkanes of at least 4 members (excludes halogenated alkanes) is 16. The number of hydrogen-bond donors (Lipinski definition) is 2. The molecule has 0 rings (SSSR count). The van der Waals surface area contributed by atoms with Crippen LogP contribution in [-0.4, -0.2) is 83.3 Å². The minimum Gasteiger partial charge on any atom is -0.481 e. The van der Waals surface area contributed by atoms with Gasteiger partial charge in [0.25, 0.3) is 0 Å². The first-order valence-corrected chi connectivity index (χ1v) is 21.1. The Morgan fingerprint density at radius 2 is 0.945 bits per heavy atom. The zero-order valence-corrected chi connectivity index (χ0v) is 34.1. The molecule has 0 aromatic carbocycles. The number of hydrogen-bond acceptors (Lipinski definition) is 9. The van der Waals surface area contributed by atoms with Crippen molar-refractivity contribution in [2.24, 2.45) is 0 Å². The highest BCUT2D eigenvalue weighted by atomic mass is 16.5. The highest BCUT2D eigenvalue weighted by molar-refractivity contribution is 5.87. The van der Waals surface area contributed by atoms with Gasteiger partial charge in [-0.25, -0.2) is 0 Å². The third-order valence-corrected chi connectivity index (χ3v) is 9.13. The van der Waals surface area contributed by atoms with E-state index in [1.54, 1.807) is 0 Å². The Morgan fingerprint density at radius 3 is 1.40 bits per heavy atom. The van der Waals surface area contributed by atoms with Gasteiger partial charge in [-0.1, -0.05) is 115 Å². The van der Waals surface area contributed by atoms with Gasteiger partial charge in [0.1, 0.15) is 32.4 Å². The van der Waals surface area contributed by atoms with E-state index in [2.05, 4.69) is 26.0 Å². The van der Waals surface area contributed by atoms with Crippen LogP contribution in [0.1, 0.15) is 181 Å². The maximum absolute atomic E-state index is 12.9. The van der Waals surface area contributed by atoms with E-state index in [-0.39, 0.29) is 11.9 Å². The van der Waals surface area contributed by atoms with Crippen molar-refractivity contribution in [3.8, 4) is 0 Å². The van der Waals surface area contributed by atoms with Gasteiger partial charge in [-0.05, 0) is 64.2 Å². The van der Waals surface area contributed by atoms with Crippen molar-refractivity contribution in [2.75, 3.05) is 26.3 Å². The number of carboxylic acid groups (broad SMARTS) is 2. The third-order valence-electron chi connectivity index (χ3n) is 9.13. The van der Waals surface area contributed by atoms with E-state index in [0.717, 1.165) is 94.8 Å². The lowest BCUT2D eigenvalue weighted by Gasteiger charge is -2.23. The van der Waals surface area contributed by atoms with Crippen molar-refractivity contribution in [3.05, 3.63) is 24.3 Å². The molecule has 0 heterocycles. The SMILES string of the molecule is CCCCCC/C=C\COC(=O)CCCCCCCC(CCCCCCCC(=O)OC/C=C\CCCCCC)OC(=O)CN(CC(=O)O)C(=O)CCC(=O)O. The molecular formula is C43H73NO11. The summed E-state index contributed by atoms with van der Waals surface area (Å²) in [5, 5.41) is 18.1. The highest BCUT2D eigenvalue weighted by Crippen LogP contribution is 2.18. The number of carboxylic acids is 2. The molecule has 0 unspecified atom stereocenters. The number of ether oxygens (including phenoxy) is 3. The van der Waals surface area contributed by atoms with Crippen LogP contribution < -0.4 is 0 Å². The molecule has 0 radical (unpaired) electrons. The van der Waals surface area contributed by atoms with Crippen molar-refractivity contribution in [3.63, 3.8) is 0 Å². The molecule has 2 N–H and O–H groups in total. The van der Waals surface area contributed by atoms with Crippen molar-refractivity contribution in [2.45, 2.75) is 187 Å². The molecular weight excluding hydrogens is 706 g/mol. The minimum atomic E-state index is -1.32. The van der Waals surface area contributed by atoms with Gasteiger partial charge in [0.05, 0.1) is 6.42 Å². The molecule has 0 atom stereocenters. The molecule has 0 aromatic heterocycles. The Morgan fingerprint density at radius 1 is 0.491 bits per heavy atom. The Labute approximate surface area is 330 Å². The first-order chi connectivity index (χ1) is 26.6. The molecule has 0 bridgehead atoms. The van der Waals surface area contributed by atoms with E-state index in [1.807, 2.05) is 12.2 Å². The Hall–Kier alpha value is -3.70. The third kappa shape index (κ3) is 35.7. The Kier molecular flexibility index (Phi) is 34.7. The van der Waals surface area contributed by atoms with Crippen molar-refractivity contribution in [1.82, 2.24) is 4.90 Å². The number of carbonyl (C=O) groups excluding carboxylic acids is 4. The molecule has 0 fully saturated rings. The summed E-state index contributed by atoms with van der Waals surface area (Å²) in [5.41, 5.74) is 0. The summed E-state index contributed by atoms with van der Waals surface area (Å²) >= 11 is 0. The topological polar surface area (TPSA) is 174 Å². The molecule has 1 amide bonds. The summed E-state index contributed by atoms with van der Waals surface area (Å²) in [6.45, 7) is 3.68. The monoisotopic (exact) mass is 780 g/mol. The number of esters is 3. The van der Waals surface area contributed by atoms with Gasteiger partial charge in [-0.2, -0.15) is 0 Å². The number of nitrogens with zero attached hydrogens (tertiary/aromatic N) is 1. The first kappa shape index (κ1) is 51.3.